The Bertz CT molecular complexity index is 391. The molecule has 0 aromatic heterocycles. The van der Waals surface area contributed by atoms with Gasteiger partial charge in [0.1, 0.15) is 0 Å². The number of hydrogen-bond donors (Lipinski definition) is 0. The van der Waals surface area contributed by atoms with E-state index < -0.39 is 0 Å². The lowest BCUT2D eigenvalue weighted by Gasteiger charge is -2.15. The van der Waals surface area contributed by atoms with Crippen LogP contribution in [-0.4, -0.2) is 58.3 Å². The van der Waals surface area contributed by atoms with Gasteiger partial charge in [-0.2, -0.15) is 23.5 Å². The highest BCUT2D eigenvalue weighted by Crippen LogP contribution is 2.26. The second-order valence-electron chi connectivity index (χ2n) is 5.43. The van der Waals surface area contributed by atoms with Crippen molar-refractivity contribution in [1.29, 1.82) is 0 Å². The van der Waals surface area contributed by atoms with Gasteiger partial charge in [-0.1, -0.05) is 29.9 Å². The van der Waals surface area contributed by atoms with E-state index in [2.05, 4.69) is 4.74 Å². The van der Waals surface area contributed by atoms with Gasteiger partial charge in [0.05, 0.1) is 7.11 Å². The van der Waals surface area contributed by atoms with E-state index in [1.54, 1.807) is 23.5 Å². The van der Waals surface area contributed by atoms with Crippen molar-refractivity contribution in [2.24, 2.45) is 0 Å². The topological polar surface area (TPSA) is 60.4 Å². The molecule has 0 aromatic rings. The molecule has 1 unspecified atom stereocenters. The molecule has 8 heteroatoms. The summed E-state index contributed by atoms with van der Waals surface area (Å²) in [6, 6.07) is 0. The third kappa shape index (κ3) is 16.1. The minimum atomic E-state index is -0.185. The van der Waals surface area contributed by atoms with Gasteiger partial charge in [-0.15, -0.1) is 0 Å². The molecule has 25 heavy (non-hydrogen) atoms. The molecular formula is C17H30O4S4. The summed E-state index contributed by atoms with van der Waals surface area (Å²) in [6.07, 6.45) is 9.04. The lowest BCUT2D eigenvalue weighted by atomic mass is 10.1. The monoisotopic (exact) mass is 426 g/mol. The molecule has 0 heterocycles. The number of carbonyl (C=O) groups excluding carboxylic acids is 3. The molecule has 0 aliphatic heterocycles. The second-order valence-corrected chi connectivity index (χ2v) is 9.91. The quantitative estimate of drug-likeness (QED) is 0.280. The van der Waals surface area contributed by atoms with Crippen LogP contribution in [0.15, 0.2) is 0 Å². The maximum Gasteiger partial charge on any atom is 0.305 e. The van der Waals surface area contributed by atoms with E-state index in [9.17, 15) is 14.4 Å². The molecule has 0 radical (unpaired) electrons. The molecule has 0 saturated heterocycles. The first kappa shape index (κ1) is 25.2. The van der Waals surface area contributed by atoms with Crippen LogP contribution in [0, 0.1) is 0 Å². The standard InChI is InChI=1S/C17H30O4S4/c1-21-15(18)7-5-4-6-14(25-17(20)10-12-23-3)8-13-24-16(19)9-11-22-2/h14H,4-13H2,1-3H3. The van der Waals surface area contributed by atoms with Crippen LogP contribution in [0.25, 0.3) is 0 Å². The summed E-state index contributed by atoms with van der Waals surface area (Å²) in [5.41, 5.74) is 0. The van der Waals surface area contributed by atoms with Crippen LogP contribution in [0.2, 0.25) is 0 Å². The molecule has 0 spiro atoms. The molecule has 0 aliphatic rings. The number of ether oxygens (including phenoxy) is 1. The molecule has 4 nitrogen and oxygen atoms in total. The molecule has 0 aromatic carbocycles. The minimum absolute atomic E-state index is 0.185. The van der Waals surface area contributed by atoms with Crippen molar-refractivity contribution in [3.63, 3.8) is 0 Å². The maximum atomic E-state index is 12.0. The van der Waals surface area contributed by atoms with Crippen LogP contribution >= 0.6 is 47.0 Å². The summed E-state index contributed by atoms with van der Waals surface area (Å²) < 4.78 is 4.65. The van der Waals surface area contributed by atoms with Crippen molar-refractivity contribution in [2.45, 2.75) is 50.2 Å². The van der Waals surface area contributed by atoms with Gasteiger partial charge in [0.2, 0.25) is 0 Å². The van der Waals surface area contributed by atoms with Crippen molar-refractivity contribution in [1.82, 2.24) is 0 Å². The van der Waals surface area contributed by atoms with Crippen molar-refractivity contribution in [3.05, 3.63) is 0 Å². The Hall–Kier alpha value is 0.210. The molecule has 0 saturated carbocycles. The molecule has 146 valence electrons. The van der Waals surface area contributed by atoms with Crippen LogP contribution in [0.3, 0.4) is 0 Å². The zero-order valence-corrected chi connectivity index (χ0v) is 18.7. The molecule has 0 amide bonds. The van der Waals surface area contributed by atoms with Crippen LogP contribution in [-0.2, 0) is 19.1 Å². The fourth-order valence-electron chi connectivity index (χ4n) is 2.00. The van der Waals surface area contributed by atoms with Crippen molar-refractivity contribution in [3.8, 4) is 0 Å². The third-order valence-electron chi connectivity index (χ3n) is 3.41. The number of esters is 1. The Kier molecular flexibility index (Phi) is 17.8. The first-order valence-corrected chi connectivity index (χ1v) is 13.1. The maximum absolute atomic E-state index is 12.0. The average Bonchev–Trinajstić information content (AvgIpc) is 2.61. The summed E-state index contributed by atoms with van der Waals surface area (Å²) in [4.78, 5) is 34.9. The van der Waals surface area contributed by atoms with E-state index in [1.165, 1.54) is 30.6 Å². The Balaban J connectivity index is 4.20. The molecule has 0 N–H and O–H groups in total. The summed E-state index contributed by atoms with van der Waals surface area (Å²) in [5, 5.41) is 0.691. The predicted molar refractivity (Wildman–Crippen MR) is 115 cm³/mol. The summed E-state index contributed by atoms with van der Waals surface area (Å²) in [7, 11) is 1.40. The summed E-state index contributed by atoms with van der Waals surface area (Å²) in [5.74, 6) is 2.29. The van der Waals surface area contributed by atoms with Crippen molar-refractivity contribution < 1.29 is 19.1 Å². The highest BCUT2D eigenvalue weighted by atomic mass is 32.2. The number of hydrogen-bond acceptors (Lipinski definition) is 8. The SMILES string of the molecule is COC(=O)CCCCC(CCSC(=O)CCSC)SC(=O)CCSC. The van der Waals surface area contributed by atoms with E-state index in [4.69, 9.17) is 0 Å². The van der Waals surface area contributed by atoms with Gasteiger partial charge in [-0.05, 0) is 31.8 Å². The highest BCUT2D eigenvalue weighted by Gasteiger charge is 2.16. The first-order chi connectivity index (χ1) is 12.0. The smallest absolute Gasteiger partial charge is 0.305 e. The van der Waals surface area contributed by atoms with Gasteiger partial charge in [0, 0.05) is 41.8 Å². The second kappa shape index (κ2) is 17.6. The van der Waals surface area contributed by atoms with Gasteiger partial charge in [-0.25, -0.2) is 0 Å². The zero-order valence-electron chi connectivity index (χ0n) is 15.4. The fraction of sp³-hybridized carbons (Fsp3) is 0.824. The molecular weight excluding hydrogens is 396 g/mol. The fourth-order valence-corrected chi connectivity index (χ4v) is 5.17. The van der Waals surface area contributed by atoms with Crippen LogP contribution < -0.4 is 0 Å². The third-order valence-corrected chi connectivity index (χ3v) is 6.87. The largest absolute Gasteiger partial charge is 0.469 e. The molecule has 1 atom stereocenters. The number of methoxy groups -OCH3 is 1. The average molecular weight is 427 g/mol. The Morgan fingerprint density at radius 1 is 0.840 bits per heavy atom. The molecule has 0 rings (SSSR count). The highest BCUT2D eigenvalue weighted by molar-refractivity contribution is 8.14. The van der Waals surface area contributed by atoms with Gasteiger partial charge in [0.15, 0.2) is 10.2 Å². The number of rotatable bonds is 15. The number of thioether (sulfide) groups is 4. The van der Waals surface area contributed by atoms with Crippen molar-refractivity contribution in [2.75, 3.05) is 36.9 Å². The van der Waals surface area contributed by atoms with Gasteiger partial charge >= 0.3 is 5.97 Å². The van der Waals surface area contributed by atoms with Crippen molar-refractivity contribution >= 4 is 63.2 Å². The van der Waals surface area contributed by atoms with E-state index in [1.807, 2.05) is 12.5 Å². The van der Waals surface area contributed by atoms with Crippen LogP contribution in [0.4, 0.5) is 0 Å². The normalized spacial score (nSPS) is 12.0. The summed E-state index contributed by atoms with van der Waals surface area (Å²) >= 11 is 6.16. The number of unbranched alkanes of at least 4 members (excludes halogenated alkanes) is 1. The Labute approximate surface area is 169 Å². The zero-order chi connectivity index (χ0) is 18.9. The van der Waals surface area contributed by atoms with Crippen LogP contribution in [0.1, 0.15) is 44.9 Å². The predicted octanol–water partition coefficient (Wildman–Crippen LogP) is 4.50. The molecule has 0 aliphatic carbocycles. The van der Waals surface area contributed by atoms with E-state index >= 15 is 0 Å². The molecule has 0 fully saturated rings. The van der Waals surface area contributed by atoms with E-state index in [0.29, 0.717) is 19.3 Å². The Morgan fingerprint density at radius 3 is 2.08 bits per heavy atom. The van der Waals surface area contributed by atoms with Gasteiger partial charge in [0.25, 0.3) is 0 Å². The van der Waals surface area contributed by atoms with Gasteiger partial charge < -0.3 is 4.74 Å². The first-order valence-electron chi connectivity index (χ1n) is 8.43. The molecule has 0 bridgehead atoms. The van der Waals surface area contributed by atoms with E-state index in [-0.39, 0.29) is 21.4 Å². The van der Waals surface area contributed by atoms with Gasteiger partial charge in [-0.3, -0.25) is 14.4 Å². The van der Waals surface area contributed by atoms with E-state index in [0.717, 1.165) is 42.9 Å². The van der Waals surface area contributed by atoms with Crippen LogP contribution in [0.5, 0.6) is 0 Å². The minimum Gasteiger partial charge on any atom is -0.469 e. The number of carbonyl (C=O) groups is 3. The Morgan fingerprint density at radius 2 is 1.48 bits per heavy atom. The lowest BCUT2D eigenvalue weighted by Crippen LogP contribution is -2.10. The lowest BCUT2D eigenvalue weighted by molar-refractivity contribution is -0.140. The summed E-state index contributed by atoms with van der Waals surface area (Å²) in [6.45, 7) is 0.